The van der Waals surface area contributed by atoms with Gasteiger partial charge in [0.2, 0.25) is 0 Å². The van der Waals surface area contributed by atoms with Crippen LogP contribution >= 0.6 is 0 Å². The van der Waals surface area contributed by atoms with Crippen LogP contribution in [-0.4, -0.2) is 19.8 Å². The third-order valence-electron chi connectivity index (χ3n) is 2.29. The number of hydrogen-bond acceptors (Lipinski definition) is 2. The highest BCUT2D eigenvalue weighted by Gasteiger charge is 2.13. The van der Waals surface area contributed by atoms with E-state index in [1.807, 2.05) is 0 Å². The van der Waals surface area contributed by atoms with Gasteiger partial charge in [0, 0.05) is 13.2 Å². The Morgan fingerprint density at radius 1 is 1.15 bits per heavy atom. The molecule has 2 nitrogen and oxygen atoms in total. The van der Waals surface area contributed by atoms with Gasteiger partial charge in [-0.15, -0.1) is 0 Å². The molecule has 0 rings (SSSR count). The van der Waals surface area contributed by atoms with Gasteiger partial charge in [-0.05, 0) is 31.2 Å². The normalized spacial score (nSPS) is 12.0. The molecule has 0 radical (unpaired) electrons. The third kappa shape index (κ3) is 8.26. The highest BCUT2D eigenvalue weighted by atomic mass is 16.5. The first-order valence-corrected chi connectivity index (χ1v) is 5.40. The molecule has 0 amide bonds. The lowest BCUT2D eigenvalue weighted by molar-refractivity contribution is 0.128. The van der Waals surface area contributed by atoms with Gasteiger partial charge in [0.15, 0.2) is 0 Å². The van der Waals surface area contributed by atoms with E-state index in [4.69, 9.17) is 10.5 Å². The van der Waals surface area contributed by atoms with Gasteiger partial charge in [-0.25, -0.2) is 0 Å². The van der Waals surface area contributed by atoms with Crippen LogP contribution < -0.4 is 5.73 Å². The van der Waals surface area contributed by atoms with Gasteiger partial charge in [-0.2, -0.15) is 0 Å². The fourth-order valence-electron chi connectivity index (χ4n) is 1.16. The number of hydrogen-bond donors (Lipinski definition) is 1. The first kappa shape index (κ1) is 12.9. The SMILES string of the molecule is CCCOCCCCC(C)(C)CN. The average molecular weight is 187 g/mol. The Morgan fingerprint density at radius 2 is 1.85 bits per heavy atom. The fraction of sp³-hybridized carbons (Fsp3) is 1.00. The molecule has 13 heavy (non-hydrogen) atoms. The van der Waals surface area contributed by atoms with Gasteiger partial charge in [0.05, 0.1) is 0 Å². The summed E-state index contributed by atoms with van der Waals surface area (Å²) < 4.78 is 5.40. The molecule has 0 spiro atoms. The van der Waals surface area contributed by atoms with E-state index in [1.54, 1.807) is 0 Å². The molecule has 0 bridgehead atoms. The van der Waals surface area contributed by atoms with Crippen molar-refractivity contribution >= 4 is 0 Å². The molecule has 0 aromatic heterocycles. The molecule has 2 heteroatoms. The molecule has 0 atom stereocenters. The Morgan fingerprint density at radius 3 is 2.38 bits per heavy atom. The van der Waals surface area contributed by atoms with Crippen molar-refractivity contribution in [3.8, 4) is 0 Å². The Labute approximate surface area is 82.8 Å². The van der Waals surface area contributed by atoms with E-state index in [9.17, 15) is 0 Å². The van der Waals surface area contributed by atoms with Crippen molar-refractivity contribution in [2.75, 3.05) is 19.8 Å². The number of ether oxygens (including phenoxy) is 1. The minimum Gasteiger partial charge on any atom is -0.381 e. The van der Waals surface area contributed by atoms with Crippen LogP contribution in [0.15, 0.2) is 0 Å². The van der Waals surface area contributed by atoms with E-state index in [-0.39, 0.29) is 0 Å². The summed E-state index contributed by atoms with van der Waals surface area (Å²) in [4.78, 5) is 0. The molecule has 0 saturated carbocycles. The first-order chi connectivity index (χ1) is 6.12. The topological polar surface area (TPSA) is 35.2 Å². The second kappa shape index (κ2) is 7.34. The Kier molecular flexibility index (Phi) is 7.29. The maximum Gasteiger partial charge on any atom is 0.0466 e. The van der Waals surface area contributed by atoms with E-state index >= 15 is 0 Å². The molecule has 0 fully saturated rings. The van der Waals surface area contributed by atoms with Gasteiger partial charge >= 0.3 is 0 Å². The van der Waals surface area contributed by atoms with Crippen molar-refractivity contribution in [3.05, 3.63) is 0 Å². The summed E-state index contributed by atoms with van der Waals surface area (Å²) in [5.74, 6) is 0. The predicted molar refractivity (Wildman–Crippen MR) is 57.8 cm³/mol. The van der Waals surface area contributed by atoms with E-state index < -0.39 is 0 Å². The molecule has 0 aliphatic rings. The third-order valence-corrected chi connectivity index (χ3v) is 2.29. The van der Waals surface area contributed by atoms with Gasteiger partial charge in [-0.1, -0.05) is 27.2 Å². The molecule has 0 saturated heterocycles. The van der Waals surface area contributed by atoms with Crippen LogP contribution in [0.2, 0.25) is 0 Å². The lowest BCUT2D eigenvalue weighted by Crippen LogP contribution is -2.23. The van der Waals surface area contributed by atoms with Crippen LogP contribution in [0.25, 0.3) is 0 Å². The molecule has 2 N–H and O–H groups in total. The number of unbranched alkanes of at least 4 members (excludes halogenated alkanes) is 1. The van der Waals surface area contributed by atoms with Crippen molar-refractivity contribution in [2.45, 2.75) is 46.5 Å². The average Bonchev–Trinajstić information content (AvgIpc) is 2.11. The summed E-state index contributed by atoms with van der Waals surface area (Å²) in [7, 11) is 0. The Balaban J connectivity index is 3.16. The number of rotatable bonds is 8. The van der Waals surface area contributed by atoms with Crippen molar-refractivity contribution < 1.29 is 4.74 Å². The van der Waals surface area contributed by atoms with Crippen LogP contribution in [0.1, 0.15) is 46.5 Å². The van der Waals surface area contributed by atoms with E-state index in [0.717, 1.165) is 26.2 Å². The van der Waals surface area contributed by atoms with Crippen molar-refractivity contribution in [2.24, 2.45) is 11.1 Å². The van der Waals surface area contributed by atoms with E-state index in [0.29, 0.717) is 5.41 Å². The predicted octanol–water partition coefficient (Wildman–Crippen LogP) is 2.57. The second-order valence-electron chi connectivity index (χ2n) is 4.44. The monoisotopic (exact) mass is 187 g/mol. The zero-order chi connectivity index (χ0) is 10.2. The van der Waals surface area contributed by atoms with Gasteiger partial charge in [0.1, 0.15) is 0 Å². The summed E-state index contributed by atoms with van der Waals surface area (Å²) in [6.45, 7) is 9.18. The second-order valence-corrected chi connectivity index (χ2v) is 4.44. The smallest absolute Gasteiger partial charge is 0.0466 e. The maximum absolute atomic E-state index is 5.64. The lowest BCUT2D eigenvalue weighted by atomic mass is 9.87. The van der Waals surface area contributed by atoms with Gasteiger partial charge < -0.3 is 10.5 Å². The summed E-state index contributed by atoms with van der Waals surface area (Å²) in [5.41, 5.74) is 5.95. The van der Waals surface area contributed by atoms with Crippen LogP contribution in [0.4, 0.5) is 0 Å². The number of nitrogens with two attached hydrogens (primary N) is 1. The molecule has 0 aromatic rings. The van der Waals surface area contributed by atoms with Crippen molar-refractivity contribution in [3.63, 3.8) is 0 Å². The van der Waals surface area contributed by atoms with Gasteiger partial charge in [-0.3, -0.25) is 0 Å². The highest BCUT2D eigenvalue weighted by Crippen LogP contribution is 2.20. The van der Waals surface area contributed by atoms with Crippen molar-refractivity contribution in [1.82, 2.24) is 0 Å². The van der Waals surface area contributed by atoms with E-state index in [2.05, 4.69) is 20.8 Å². The van der Waals surface area contributed by atoms with Crippen molar-refractivity contribution in [1.29, 1.82) is 0 Å². The van der Waals surface area contributed by atoms with Gasteiger partial charge in [0.25, 0.3) is 0 Å². The van der Waals surface area contributed by atoms with E-state index in [1.165, 1.54) is 19.3 Å². The maximum atomic E-state index is 5.64. The van der Waals surface area contributed by atoms with Crippen LogP contribution in [0, 0.1) is 5.41 Å². The largest absolute Gasteiger partial charge is 0.381 e. The molecule has 0 aliphatic heterocycles. The zero-order valence-electron chi connectivity index (χ0n) is 9.44. The molecule has 0 unspecified atom stereocenters. The lowest BCUT2D eigenvalue weighted by Gasteiger charge is -2.21. The Hall–Kier alpha value is -0.0800. The minimum absolute atomic E-state index is 0.310. The molecule has 0 aromatic carbocycles. The minimum atomic E-state index is 0.310. The summed E-state index contributed by atoms with van der Waals surface area (Å²) in [6.07, 6.45) is 4.73. The van der Waals surface area contributed by atoms with Crippen LogP contribution in [0.3, 0.4) is 0 Å². The summed E-state index contributed by atoms with van der Waals surface area (Å²) in [6, 6.07) is 0. The summed E-state index contributed by atoms with van der Waals surface area (Å²) in [5, 5.41) is 0. The summed E-state index contributed by atoms with van der Waals surface area (Å²) >= 11 is 0. The standard InChI is InChI=1S/C11H25NO/c1-4-8-13-9-6-5-7-11(2,3)10-12/h4-10,12H2,1-3H3. The molecule has 80 valence electrons. The molecular weight excluding hydrogens is 162 g/mol. The first-order valence-electron chi connectivity index (χ1n) is 5.40. The molecule has 0 heterocycles. The fourth-order valence-corrected chi connectivity index (χ4v) is 1.16. The van der Waals surface area contributed by atoms with Crippen LogP contribution in [0.5, 0.6) is 0 Å². The molecule has 0 aliphatic carbocycles. The Bertz CT molecular complexity index is 113. The molecular formula is C11H25NO. The van der Waals surface area contributed by atoms with Crippen LogP contribution in [-0.2, 0) is 4.74 Å². The highest BCUT2D eigenvalue weighted by molar-refractivity contribution is 4.68. The quantitative estimate of drug-likeness (QED) is 0.593. The zero-order valence-corrected chi connectivity index (χ0v) is 9.44.